The van der Waals surface area contributed by atoms with E-state index in [1.54, 1.807) is 18.3 Å². The lowest BCUT2D eigenvalue weighted by atomic mass is 10.1. The van der Waals surface area contributed by atoms with Gasteiger partial charge in [0.15, 0.2) is 11.6 Å². The molecule has 1 N–H and O–H groups in total. The average Bonchev–Trinajstić information content (AvgIpc) is 2.97. The highest BCUT2D eigenvalue weighted by molar-refractivity contribution is 5.97. The van der Waals surface area contributed by atoms with E-state index in [4.69, 9.17) is 0 Å². The van der Waals surface area contributed by atoms with Crippen molar-refractivity contribution in [2.45, 2.75) is 6.42 Å². The molecule has 5 heteroatoms. The van der Waals surface area contributed by atoms with Crippen LogP contribution in [0, 0.1) is 0 Å². The Kier molecular flexibility index (Phi) is 3.33. The lowest BCUT2D eigenvalue weighted by Gasteiger charge is -1.97. The molecule has 0 unspecified atom stereocenters. The first-order valence-corrected chi connectivity index (χ1v) is 6.24. The Morgan fingerprint density at radius 1 is 1.05 bits per heavy atom. The number of ketones is 1. The third kappa shape index (κ3) is 2.61. The van der Waals surface area contributed by atoms with Crippen molar-refractivity contribution in [3.8, 4) is 11.5 Å². The zero-order chi connectivity index (χ0) is 13.8. The Hall–Kier alpha value is -2.82. The highest BCUT2D eigenvalue weighted by Crippen LogP contribution is 2.11. The van der Waals surface area contributed by atoms with Crippen molar-refractivity contribution < 1.29 is 4.79 Å². The van der Waals surface area contributed by atoms with Crippen LogP contribution < -0.4 is 0 Å². The number of Topliss-reactive ketones (excluding diaryl/α,β-unsaturated/α-hetero) is 1. The first-order chi connectivity index (χ1) is 9.83. The van der Waals surface area contributed by atoms with E-state index in [1.165, 1.54) is 0 Å². The molecule has 3 aromatic rings. The molecule has 0 saturated carbocycles. The van der Waals surface area contributed by atoms with Gasteiger partial charge in [-0.15, -0.1) is 0 Å². The van der Waals surface area contributed by atoms with E-state index in [1.807, 2.05) is 36.4 Å². The van der Waals surface area contributed by atoms with Crippen molar-refractivity contribution in [2.24, 2.45) is 0 Å². The van der Waals surface area contributed by atoms with Crippen LogP contribution >= 0.6 is 0 Å². The summed E-state index contributed by atoms with van der Waals surface area (Å²) in [6.07, 6.45) is 1.88. The summed E-state index contributed by atoms with van der Waals surface area (Å²) in [7, 11) is 0. The molecule has 0 bridgehead atoms. The predicted molar refractivity (Wildman–Crippen MR) is 74.1 cm³/mol. The maximum Gasteiger partial charge on any atom is 0.199 e. The fourth-order valence-electron chi connectivity index (χ4n) is 1.86. The number of pyridine rings is 1. The number of H-pyrrole nitrogens is 1. The summed E-state index contributed by atoms with van der Waals surface area (Å²) < 4.78 is 0. The molecule has 0 amide bonds. The van der Waals surface area contributed by atoms with Gasteiger partial charge in [0.2, 0.25) is 0 Å². The van der Waals surface area contributed by atoms with Gasteiger partial charge in [-0.05, 0) is 12.1 Å². The van der Waals surface area contributed by atoms with Gasteiger partial charge in [-0.3, -0.25) is 14.9 Å². The molecule has 0 saturated heterocycles. The number of aromatic amines is 1. The van der Waals surface area contributed by atoms with Gasteiger partial charge in [-0.1, -0.05) is 36.4 Å². The van der Waals surface area contributed by atoms with Crippen LogP contribution in [0.2, 0.25) is 0 Å². The number of aromatic nitrogens is 4. The molecular formula is C15H12N4O. The van der Waals surface area contributed by atoms with E-state index in [0.717, 1.165) is 0 Å². The first-order valence-electron chi connectivity index (χ1n) is 6.24. The number of nitrogens with zero attached hydrogens (tertiary/aromatic N) is 3. The Balaban J connectivity index is 1.77. The zero-order valence-corrected chi connectivity index (χ0v) is 10.7. The third-order valence-corrected chi connectivity index (χ3v) is 2.85. The molecule has 0 spiro atoms. The second kappa shape index (κ2) is 5.44. The number of carbonyl (C=O) groups is 1. The Bertz CT molecular complexity index is 707. The van der Waals surface area contributed by atoms with Crippen LogP contribution in [0.1, 0.15) is 16.2 Å². The molecule has 1 aromatic carbocycles. The molecule has 0 fully saturated rings. The van der Waals surface area contributed by atoms with Crippen molar-refractivity contribution in [3.63, 3.8) is 0 Å². The summed E-state index contributed by atoms with van der Waals surface area (Å²) in [5, 5.41) is 6.87. The van der Waals surface area contributed by atoms with Gasteiger partial charge in [0.1, 0.15) is 11.5 Å². The SMILES string of the molecule is O=C(Cc1nc(-c2ccccn2)n[nH]1)c1ccccc1. The molecule has 0 atom stereocenters. The maximum absolute atomic E-state index is 12.1. The molecule has 0 aliphatic rings. The van der Waals surface area contributed by atoms with Crippen molar-refractivity contribution in [1.82, 2.24) is 20.2 Å². The van der Waals surface area contributed by atoms with Crippen LogP contribution in [0.3, 0.4) is 0 Å². The smallest absolute Gasteiger partial charge is 0.199 e. The van der Waals surface area contributed by atoms with E-state index >= 15 is 0 Å². The second-order valence-corrected chi connectivity index (χ2v) is 4.29. The van der Waals surface area contributed by atoms with Gasteiger partial charge >= 0.3 is 0 Å². The van der Waals surface area contributed by atoms with Gasteiger partial charge in [-0.2, -0.15) is 5.10 Å². The minimum Gasteiger partial charge on any atom is -0.294 e. The molecule has 0 aliphatic carbocycles. The minimum atomic E-state index is 0.00863. The fraction of sp³-hybridized carbons (Fsp3) is 0.0667. The van der Waals surface area contributed by atoms with Crippen LogP contribution in [-0.2, 0) is 6.42 Å². The van der Waals surface area contributed by atoms with Crippen LogP contribution in [0.15, 0.2) is 54.7 Å². The zero-order valence-electron chi connectivity index (χ0n) is 10.7. The van der Waals surface area contributed by atoms with Gasteiger partial charge in [0, 0.05) is 11.8 Å². The van der Waals surface area contributed by atoms with E-state index in [9.17, 15) is 4.79 Å². The van der Waals surface area contributed by atoms with Crippen LogP contribution in [0.4, 0.5) is 0 Å². The molecule has 0 aliphatic heterocycles. The summed E-state index contributed by atoms with van der Waals surface area (Å²) in [6.45, 7) is 0. The quantitative estimate of drug-likeness (QED) is 0.734. The molecule has 2 aromatic heterocycles. The Morgan fingerprint density at radius 2 is 1.85 bits per heavy atom. The van der Waals surface area contributed by atoms with Crippen molar-refractivity contribution >= 4 is 5.78 Å². The number of hydrogen-bond donors (Lipinski definition) is 1. The lowest BCUT2D eigenvalue weighted by molar-refractivity contribution is 0.0991. The van der Waals surface area contributed by atoms with E-state index < -0.39 is 0 Å². The normalized spacial score (nSPS) is 10.4. The van der Waals surface area contributed by atoms with Gasteiger partial charge in [0.05, 0.1) is 6.42 Å². The number of hydrogen-bond acceptors (Lipinski definition) is 4. The van der Waals surface area contributed by atoms with E-state index in [-0.39, 0.29) is 12.2 Å². The summed E-state index contributed by atoms with van der Waals surface area (Å²) in [4.78, 5) is 20.5. The van der Waals surface area contributed by atoms with Crippen molar-refractivity contribution in [1.29, 1.82) is 0 Å². The maximum atomic E-state index is 12.1. The number of carbonyl (C=O) groups excluding carboxylic acids is 1. The highest BCUT2D eigenvalue weighted by Gasteiger charge is 2.11. The first kappa shape index (κ1) is 12.2. The van der Waals surface area contributed by atoms with E-state index in [0.29, 0.717) is 22.9 Å². The van der Waals surface area contributed by atoms with Crippen molar-refractivity contribution in [2.75, 3.05) is 0 Å². The summed E-state index contributed by atoms with van der Waals surface area (Å²) in [5.74, 6) is 1.05. The molecule has 98 valence electrons. The third-order valence-electron chi connectivity index (χ3n) is 2.85. The molecule has 3 rings (SSSR count). The van der Waals surface area contributed by atoms with Crippen LogP contribution in [0.5, 0.6) is 0 Å². The molecule has 20 heavy (non-hydrogen) atoms. The highest BCUT2D eigenvalue weighted by atomic mass is 16.1. The monoisotopic (exact) mass is 264 g/mol. The van der Waals surface area contributed by atoms with Crippen LogP contribution in [-0.4, -0.2) is 25.9 Å². The number of benzene rings is 1. The standard InChI is InChI=1S/C15H12N4O/c20-13(11-6-2-1-3-7-11)10-14-17-15(19-18-14)12-8-4-5-9-16-12/h1-9H,10H2,(H,17,18,19). The van der Waals surface area contributed by atoms with E-state index in [2.05, 4.69) is 20.2 Å². The predicted octanol–water partition coefficient (Wildman–Crippen LogP) is 2.29. The summed E-state index contributed by atoms with van der Waals surface area (Å²) in [6, 6.07) is 14.7. The van der Waals surface area contributed by atoms with Gasteiger partial charge in [0.25, 0.3) is 0 Å². The molecule has 2 heterocycles. The Labute approximate surface area is 115 Å². The molecule has 5 nitrogen and oxygen atoms in total. The average molecular weight is 264 g/mol. The molecule has 0 radical (unpaired) electrons. The Morgan fingerprint density at radius 3 is 2.60 bits per heavy atom. The summed E-state index contributed by atoms with van der Waals surface area (Å²) in [5.41, 5.74) is 1.35. The number of rotatable bonds is 4. The van der Waals surface area contributed by atoms with Gasteiger partial charge < -0.3 is 0 Å². The minimum absolute atomic E-state index is 0.00863. The van der Waals surface area contributed by atoms with Crippen LogP contribution in [0.25, 0.3) is 11.5 Å². The fourth-order valence-corrected chi connectivity index (χ4v) is 1.86. The largest absolute Gasteiger partial charge is 0.294 e. The van der Waals surface area contributed by atoms with Crippen molar-refractivity contribution in [3.05, 3.63) is 66.1 Å². The second-order valence-electron chi connectivity index (χ2n) is 4.29. The topological polar surface area (TPSA) is 71.5 Å². The summed E-state index contributed by atoms with van der Waals surface area (Å²) >= 11 is 0. The molecular weight excluding hydrogens is 252 g/mol. The lowest BCUT2D eigenvalue weighted by Crippen LogP contribution is -2.04. The van der Waals surface area contributed by atoms with Gasteiger partial charge in [-0.25, -0.2) is 4.98 Å². The number of nitrogens with one attached hydrogen (secondary N) is 1.